The van der Waals surface area contributed by atoms with Crippen LogP contribution in [0, 0.1) is 25.7 Å². The molecule has 4 N–H and O–H groups in total. The van der Waals surface area contributed by atoms with E-state index in [-0.39, 0.29) is 12.8 Å². The highest BCUT2D eigenvalue weighted by molar-refractivity contribution is 5.74. The van der Waals surface area contributed by atoms with Crippen molar-refractivity contribution in [3.8, 4) is 25.7 Å². The van der Waals surface area contributed by atoms with E-state index in [1.165, 1.54) is 0 Å². The lowest BCUT2D eigenvalue weighted by Crippen LogP contribution is -2.30. The van der Waals surface area contributed by atoms with Gasteiger partial charge in [-0.25, -0.2) is 0 Å². The lowest BCUT2D eigenvalue weighted by Gasteiger charge is -2.01. The average molecular weight is 199 g/mol. The summed E-state index contributed by atoms with van der Waals surface area (Å²) in [6.45, 7) is 0. The summed E-state index contributed by atoms with van der Waals surface area (Å²) >= 11 is 0. The molecule has 5 heteroatoms. The summed E-state index contributed by atoms with van der Waals surface area (Å²) in [7, 11) is 0. The molecule has 0 spiro atoms. The van der Waals surface area contributed by atoms with Crippen LogP contribution in [0.25, 0.3) is 0 Å². The fourth-order valence-electron chi connectivity index (χ4n) is 0.402. The first-order valence-corrected chi connectivity index (χ1v) is 3.41. The SMILES string of the molecule is C#C.C#C.N[C@@H](CCC(=O)O)C(=O)O. The van der Waals surface area contributed by atoms with Crippen molar-refractivity contribution in [2.75, 3.05) is 0 Å². The van der Waals surface area contributed by atoms with Crippen LogP contribution in [0.3, 0.4) is 0 Å². The zero-order valence-corrected chi connectivity index (χ0v) is 7.59. The Morgan fingerprint density at radius 1 is 1.14 bits per heavy atom. The number of hydrogen-bond donors (Lipinski definition) is 3. The van der Waals surface area contributed by atoms with E-state index in [1.54, 1.807) is 0 Å². The van der Waals surface area contributed by atoms with E-state index >= 15 is 0 Å². The number of nitrogens with two attached hydrogens (primary N) is 1. The van der Waals surface area contributed by atoms with Gasteiger partial charge in [-0.05, 0) is 6.42 Å². The lowest BCUT2D eigenvalue weighted by molar-refractivity contribution is -0.139. The molecule has 0 unspecified atom stereocenters. The molecule has 1 atom stereocenters. The molecule has 0 aromatic heterocycles. The Morgan fingerprint density at radius 3 is 1.71 bits per heavy atom. The standard InChI is InChI=1S/C5H9NO4.2C2H2/c6-3(5(9)10)1-2-4(7)8;2*1-2/h3H,1-2,6H2,(H,7,8)(H,9,10);2*1-2H/t3-;;/m0../s1. The van der Waals surface area contributed by atoms with Crippen LogP contribution in [-0.2, 0) is 9.59 Å². The van der Waals surface area contributed by atoms with E-state index in [2.05, 4.69) is 25.7 Å². The monoisotopic (exact) mass is 199 g/mol. The molecule has 0 heterocycles. The fraction of sp³-hybridized carbons (Fsp3) is 0.333. The summed E-state index contributed by atoms with van der Waals surface area (Å²) in [5.74, 6) is -2.20. The number of carboxylic acids is 2. The quantitative estimate of drug-likeness (QED) is 0.542. The summed E-state index contributed by atoms with van der Waals surface area (Å²) < 4.78 is 0. The first kappa shape index (κ1) is 17.9. The zero-order chi connectivity index (χ0) is 12.1. The Hall–Kier alpha value is -1.98. The van der Waals surface area contributed by atoms with Crippen molar-refractivity contribution < 1.29 is 19.8 Å². The molecule has 0 aliphatic carbocycles. The molecule has 0 saturated heterocycles. The predicted octanol–water partition coefficient (Wildman–Crippen LogP) is -0.238. The molecule has 5 nitrogen and oxygen atoms in total. The highest BCUT2D eigenvalue weighted by Crippen LogP contribution is 1.93. The second-order valence-electron chi connectivity index (χ2n) is 1.88. The lowest BCUT2D eigenvalue weighted by atomic mass is 10.2. The molecule has 14 heavy (non-hydrogen) atoms. The fourth-order valence-corrected chi connectivity index (χ4v) is 0.402. The molecule has 0 aliphatic rings. The maximum absolute atomic E-state index is 9.99. The van der Waals surface area contributed by atoms with E-state index in [0.29, 0.717) is 0 Å². The van der Waals surface area contributed by atoms with Crippen LogP contribution in [0.1, 0.15) is 12.8 Å². The number of aliphatic carboxylic acids is 2. The molecular weight excluding hydrogens is 186 g/mol. The second kappa shape index (κ2) is 13.6. The smallest absolute Gasteiger partial charge is 0.320 e. The van der Waals surface area contributed by atoms with E-state index < -0.39 is 18.0 Å². The van der Waals surface area contributed by atoms with Gasteiger partial charge in [-0.1, -0.05) is 0 Å². The molecule has 78 valence electrons. The van der Waals surface area contributed by atoms with Gasteiger partial charge in [0.1, 0.15) is 6.04 Å². The number of hydrogen-bond acceptors (Lipinski definition) is 3. The molecule has 0 radical (unpaired) electrons. The van der Waals surface area contributed by atoms with Gasteiger partial charge in [0.05, 0.1) is 0 Å². The third-order valence-corrected chi connectivity index (χ3v) is 0.986. The highest BCUT2D eigenvalue weighted by Gasteiger charge is 2.12. The van der Waals surface area contributed by atoms with Gasteiger partial charge in [0.15, 0.2) is 0 Å². The van der Waals surface area contributed by atoms with Crippen LogP contribution in [0.2, 0.25) is 0 Å². The van der Waals surface area contributed by atoms with Crippen LogP contribution in [0.4, 0.5) is 0 Å². The van der Waals surface area contributed by atoms with Crippen molar-refractivity contribution in [3.05, 3.63) is 0 Å². The number of carboxylic acid groups (broad SMARTS) is 2. The van der Waals surface area contributed by atoms with E-state index in [0.717, 1.165) is 0 Å². The van der Waals surface area contributed by atoms with Crippen molar-refractivity contribution >= 4 is 11.9 Å². The zero-order valence-electron chi connectivity index (χ0n) is 7.59. The largest absolute Gasteiger partial charge is 0.481 e. The molecule has 0 aromatic rings. The Balaban J connectivity index is -0.000000266. The molecule has 0 saturated carbocycles. The first-order chi connectivity index (χ1) is 6.54. The van der Waals surface area contributed by atoms with Crippen molar-refractivity contribution in [1.82, 2.24) is 0 Å². The molecule has 0 aliphatic heterocycles. The van der Waals surface area contributed by atoms with Crippen LogP contribution in [0.15, 0.2) is 0 Å². The van der Waals surface area contributed by atoms with E-state index in [1.807, 2.05) is 0 Å². The number of rotatable bonds is 4. The maximum atomic E-state index is 9.99. The Bertz CT molecular complexity index is 201. The van der Waals surface area contributed by atoms with Crippen molar-refractivity contribution in [1.29, 1.82) is 0 Å². The van der Waals surface area contributed by atoms with Gasteiger partial charge >= 0.3 is 11.9 Å². The summed E-state index contributed by atoms with van der Waals surface area (Å²) in [5.41, 5.74) is 5.00. The predicted molar refractivity (Wildman–Crippen MR) is 52.3 cm³/mol. The third kappa shape index (κ3) is 16.5. The van der Waals surface area contributed by atoms with Gasteiger partial charge < -0.3 is 15.9 Å². The molecule has 0 rings (SSSR count). The maximum Gasteiger partial charge on any atom is 0.320 e. The van der Waals surface area contributed by atoms with Crippen molar-refractivity contribution in [2.45, 2.75) is 18.9 Å². The molecule has 0 amide bonds. The van der Waals surface area contributed by atoms with Crippen LogP contribution in [0.5, 0.6) is 0 Å². The Kier molecular flexibility index (Phi) is 17.4. The summed E-state index contributed by atoms with van der Waals surface area (Å²) in [6.07, 6.45) is 15.8. The van der Waals surface area contributed by atoms with E-state index in [9.17, 15) is 9.59 Å². The first-order valence-electron chi connectivity index (χ1n) is 3.41. The number of carbonyl (C=O) groups is 2. The minimum Gasteiger partial charge on any atom is -0.481 e. The van der Waals surface area contributed by atoms with Gasteiger partial charge in [0, 0.05) is 6.42 Å². The third-order valence-electron chi connectivity index (χ3n) is 0.986. The molecule has 0 fully saturated rings. The normalized spacial score (nSPS) is 9.21. The van der Waals surface area contributed by atoms with Gasteiger partial charge in [-0.15, -0.1) is 25.7 Å². The second-order valence-corrected chi connectivity index (χ2v) is 1.88. The minimum atomic E-state index is -1.17. The average Bonchev–Trinajstić information content (AvgIpc) is 2.20. The highest BCUT2D eigenvalue weighted by atomic mass is 16.4. The number of terminal acetylenes is 2. The van der Waals surface area contributed by atoms with Crippen molar-refractivity contribution in [3.63, 3.8) is 0 Å². The summed E-state index contributed by atoms with van der Waals surface area (Å²) in [4.78, 5) is 19.9. The molecular formula is C9H13NO4. The molecule has 0 aromatic carbocycles. The topological polar surface area (TPSA) is 101 Å². The Labute approximate surface area is 82.9 Å². The molecule has 0 bridgehead atoms. The van der Waals surface area contributed by atoms with Gasteiger partial charge in [-0.2, -0.15) is 0 Å². The van der Waals surface area contributed by atoms with Crippen LogP contribution >= 0.6 is 0 Å². The summed E-state index contributed by atoms with van der Waals surface area (Å²) in [6, 6.07) is -1.06. The van der Waals surface area contributed by atoms with Gasteiger partial charge in [-0.3, -0.25) is 9.59 Å². The van der Waals surface area contributed by atoms with Gasteiger partial charge in [0.25, 0.3) is 0 Å². The van der Waals surface area contributed by atoms with Crippen molar-refractivity contribution in [2.24, 2.45) is 5.73 Å². The van der Waals surface area contributed by atoms with Crippen LogP contribution in [-0.4, -0.2) is 28.2 Å². The van der Waals surface area contributed by atoms with Gasteiger partial charge in [0.2, 0.25) is 0 Å². The van der Waals surface area contributed by atoms with Crippen LogP contribution < -0.4 is 5.73 Å². The Morgan fingerprint density at radius 2 is 1.50 bits per heavy atom. The minimum absolute atomic E-state index is 0.0231. The van der Waals surface area contributed by atoms with E-state index in [4.69, 9.17) is 15.9 Å². The summed E-state index contributed by atoms with van der Waals surface area (Å²) in [5, 5.41) is 16.3.